The molecule has 1 aromatic carbocycles. The van der Waals surface area contributed by atoms with E-state index in [9.17, 15) is 43.7 Å². The van der Waals surface area contributed by atoms with Crippen molar-refractivity contribution in [3.05, 3.63) is 82.6 Å². The summed E-state index contributed by atoms with van der Waals surface area (Å²) in [6.45, 7) is 11.8. The summed E-state index contributed by atoms with van der Waals surface area (Å²) >= 11 is 0. The minimum atomic E-state index is -4.87. The molecule has 2 heterocycles. The van der Waals surface area contributed by atoms with E-state index in [2.05, 4.69) is 32.0 Å². The zero-order chi connectivity index (χ0) is 50.2. The number of nitrogens with one attached hydrogen (secondary N) is 1. The molecule has 0 fully saturated rings. The monoisotopic (exact) mass is 1030 g/mol. The fraction of sp³-hybridized carbons (Fsp3) is 0.565. The summed E-state index contributed by atoms with van der Waals surface area (Å²) in [5, 5.41) is 0.711. The van der Waals surface area contributed by atoms with Crippen molar-refractivity contribution in [2.75, 3.05) is 89.4 Å². The van der Waals surface area contributed by atoms with Crippen molar-refractivity contribution in [3.8, 4) is 11.3 Å². The number of methoxy groups -OCH3 is 1. The molecule has 0 saturated heterocycles. The first-order valence-electron chi connectivity index (χ1n) is 22.6. The van der Waals surface area contributed by atoms with E-state index < -0.39 is 52.2 Å². The molecule has 0 spiro atoms. The van der Waals surface area contributed by atoms with Crippen LogP contribution in [0.15, 0.2) is 69.6 Å². The minimum Gasteiger partial charge on any atom is -0.748 e. The average Bonchev–Trinajstić information content (AvgIpc) is 3.48. The van der Waals surface area contributed by atoms with Crippen LogP contribution in [0.5, 0.6) is 0 Å². The molecule has 4 N–H and O–H groups in total. The van der Waals surface area contributed by atoms with Gasteiger partial charge < -0.3 is 41.9 Å². The molecule has 3 aliphatic rings. The van der Waals surface area contributed by atoms with E-state index in [1.165, 1.54) is 12.1 Å². The minimum absolute atomic E-state index is 0. The Bertz CT molecular complexity index is 2600. The number of anilines is 1. The molecule has 19 nitrogen and oxygen atoms in total. The van der Waals surface area contributed by atoms with Crippen LogP contribution in [0.3, 0.4) is 0 Å². The van der Waals surface area contributed by atoms with Crippen molar-refractivity contribution in [3.63, 3.8) is 0 Å². The number of quaternary nitrogens is 1. The topological polar surface area (TPSA) is 285 Å². The van der Waals surface area contributed by atoms with Crippen LogP contribution in [0.1, 0.15) is 89.5 Å². The number of nitrogens with zero attached hydrogens (tertiary/aromatic N) is 2. The summed E-state index contributed by atoms with van der Waals surface area (Å²) in [4.78, 5) is 13.4. The van der Waals surface area contributed by atoms with Gasteiger partial charge in [-0.2, -0.15) is 0 Å². The third kappa shape index (κ3) is 19.5. The van der Waals surface area contributed by atoms with Crippen molar-refractivity contribution >= 4 is 48.0 Å². The van der Waals surface area contributed by atoms with Gasteiger partial charge in [0.05, 0.1) is 70.8 Å². The number of hydrogen-bond donors (Lipinski definition) is 2. The molecule has 69 heavy (non-hydrogen) atoms. The molecule has 0 aromatic heterocycles. The Morgan fingerprint density at radius 1 is 0.826 bits per heavy atom. The zero-order valence-electron chi connectivity index (χ0n) is 40.7. The summed E-state index contributed by atoms with van der Waals surface area (Å²) < 4.78 is 137. The maximum atomic E-state index is 12.3. The first-order chi connectivity index (χ1) is 32.0. The first kappa shape index (κ1) is 60.2. The van der Waals surface area contributed by atoms with Crippen molar-refractivity contribution in [2.24, 2.45) is 0 Å². The molecule has 1 amide bonds. The number of ether oxygens (including phenoxy) is 4. The molecular weight excluding hydrogens is 968 g/mol. The second-order valence-corrected chi connectivity index (χ2v) is 22.2. The van der Waals surface area contributed by atoms with Gasteiger partial charge >= 0.3 is 29.6 Å². The normalized spacial score (nSPS) is 16.6. The predicted molar refractivity (Wildman–Crippen MR) is 252 cm³/mol. The standard InChI is InChI=1S/C46H68N4O15S3.Na/c1-45(2,3)39-33-36(65-42-32-35(15-17-38(39)42)49(20-11-31-67(55,56)57)22-23-62-26-27-64-29-28-63-25-24-61-5)12-9-13-43-46(4,19-10-30-66(52,53)54)40-34-37(68(58,59)60)16-18-41(40)50(43)21-8-6-7-14-44(51)48-47;/h9,12-13,15-18,32-34H,6-8,10-11,14,19-31,47H2,1-5H3,(H3-,48,51,52,53,54,55,56,57,58,59,60);/q;+1/p-1. The maximum absolute atomic E-state index is 12.3. The van der Waals surface area contributed by atoms with Crippen LogP contribution in [0.25, 0.3) is 17.4 Å². The van der Waals surface area contributed by atoms with E-state index >= 15 is 0 Å². The molecule has 23 heteroatoms. The Morgan fingerprint density at radius 3 is 2.07 bits per heavy atom. The van der Waals surface area contributed by atoms with E-state index in [-0.39, 0.29) is 79.7 Å². The van der Waals surface area contributed by atoms with Crippen LogP contribution in [0.4, 0.5) is 5.69 Å². The third-order valence-corrected chi connectivity index (χ3v) is 13.9. The molecular formula is C46H67N4NaO15S3. The van der Waals surface area contributed by atoms with Gasteiger partial charge in [-0.25, -0.2) is 35.3 Å². The Labute approximate surface area is 429 Å². The molecule has 1 aliphatic carbocycles. The largest absolute Gasteiger partial charge is 1.00 e. The summed E-state index contributed by atoms with van der Waals surface area (Å²) in [5.74, 6) is 3.04. The van der Waals surface area contributed by atoms with Crippen LogP contribution in [-0.4, -0.2) is 129 Å². The number of rotatable bonds is 29. The molecule has 1 atom stereocenters. The van der Waals surface area contributed by atoms with Crippen LogP contribution >= 0.6 is 0 Å². The van der Waals surface area contributed by atoms with E-state index in [1.54, 1.807) is 25.3 Å². The zero-order valence-corrected chi connectivity index (χ0v) is 45.1. The molecule has 1 unspecified atom stereocenters. The molecule has 1 aromatic rings. The second-order valence-electron chi connectivity index (χ2n) is 17.7. The van der Waals surface area contributed by atoms with Crippen molar-refractivity contribution in [1.82, 2.24) is 10.0 Å². The van der Waals surface area contributed by atoms with Gasteiger partial charge in [0.1, 0.15) is 34.8 Å². The summed E-state index contributed by atoms with van der Waals surface area (Å²) in [7, 11) is -12.3. The Balaban J connectivity index is 0.0000126. The smallest absolute Gasteiger partial charge is 0.748 e. The number of unbranched alkanes of at least 4 members (excludes halogenated alkanes) is 2. The number of fused-ring (bicyclic) bond motifs is 2. The van der Waals surface area contributed by atoms with Gasteiger partial charge in [0.25, 0.3) is 5.91 Å². The molecule has 0 radical (unpaired) electrons. The van der Waals surface area contributed by atoms with E-state index in [0.717, 1.165) is 11.1 Å². The first-order valence-corrected chi connectivity index (χ1v) is 27.1. The fourth-order valence-corrected chi connectivity index (χ4v) is 9.58. The van der Waals surface area contributed by atoms with Gasteiger partial charge in [-0.3, -0.25) is 10.6 Å². The van der Waals surface area contributed by atoms with Crippen molar-refractivity contribution in [2.45, 2.75) is 88.4 Å². The number of carbonyl (C=O) groups excluding carboxylic acids is 1. The molecule has 0 saturated carbocycles. The fourth-order valence-electron chi connectivity index (χ4n) is 8.10. The average molecular weight is 1040 g/mol. The van der Waals surface area contributed by atoms with Crippen LogP contribution < -0.4 is 55.7 Å². The van der Waals surface area contributed by atoms with Crippen molar-refractivity contribution < 1.29 is 102 Å². The van der Waals surface area contributed by atoms with Crippen molar-refractivity contribution in [1.29, 1.82) is 0 Å². The summed E-state index contributed by atoms with van der Waals surface area (Å²) in [6, 6.07) is 11.8. The predicted octanol–water partition coefficient (Wildman–Crippen LogP) is -0.172. The number of amides is 1. The summed E-state index contributed by atoms with van der Waals surface area (Å²) in [6.07, 6.45) is 7.69. The third-order valence-electron chi connectivity index (χ3n) is 11.5. The van der Waals surface area contributed by atoms with Crippen LogP contribution in [0.2, 0.25) is 0 Å². The SMILES string of the molecule is COCCOCCOCCOCC[N+](CCCS(=O)(=O)[O-])=c1ccc2c(C(C)(C)C)cc(/C=C/C=C3/N(CCCCCC(=O)N[NH3+])c4ccc(S(=O)(=O)[O-])cc4C3(C)CCCS(=O)(=O)[O-])oc-2c1.[Na+]. The van der Waals surface area contributed by atoms with Gasteiger partial charge in [0.15, 0.2) is 6.54 Å². The van der Waals surface area contributed by atoms with Gasteiger partial charge in [0.2, 0.25) is 5.36 Å². The number of benzene rings is 2. The van der Waals surface area contributed by atoms with Gasteiger partial charge in [-0.15, -0.1) is 0 Å². The van der Waals surface area contributed by atoms with Crippen LogP contribution in [0, 0.1) is 0 Å². The molecule has 2 aliphatic heterocycles. The Hall–Kier alpha value is -3.07. The van der Waals surface area contributed by atoms with Crippen LogP contribution in [-0.2, 0) is 64.9 Å². The number of carbonyl (C=O) groups is 1. The van der Waals surface area contributed by atoms with Gasteiger partial charge in [0, 0.05) is 66.4 Å². The Kier molecular flexibility index (Phi) is 24.2. The number of allylic oxidation sites excluding steroid dienone is 3. The van der Waals surface area contributed by atoms with Gasteiger partial charge in [-0.05, 0) is 91.6 Å². The Morgan fingerprint density at radius 2 is 1.46 bits per heavy atom. The molecule has 380 valence electrons. The quantitative estimate of drug-likeness (QED) is 0.0300. The van der Waals surface area contributed by atoms with E-state index in [1.807, 2.05) is 46.7 Å². The maximum Gasteiger partial charge on any atom is 1.00 e. The molecule has 4 rings (SSSR count). The number of hydrogen-bond acceptors (Lipinski definition) is 16. The summed E-state index contributed by atoms with van der Waals surface area (Å²) in [5.41, 5.74) is 4.54. The van der Waals surface area contributed by atoms with Gasteiger partial charge in [-0.1, -0.05) is 33.3 Å². The molecule has 0 bridgehead atoms. The second kappa shape index (κ2) is 27.7. The van der Waals surface area contributed by atoms with E-state index in [0.29, 0.717) is 106 Å². The van der Waals surface area contributed by atoms with E-state index in [4.69, 9.17) is 23.4 Å².